The molecule has 0 aliphatic rings. The predicted octanol–water partition coefficient (Wildman–Crippen LogP) is 5.92. The van der Waals surface area contributed by atoms with Crippen LogP contribution in [0.1, 0.15) is 77.6 Å². The topological polar surface area (TPSA) is 46.2 Å². The highest BCUT2D eigenvalue weighted by Gasteiger charge is 2.29. The molecule has 0 aliphatic carbocycles. The summed E-state index contributed by atoms with van der Waals surface area (Å²) in [4.78, 5) is 0. The summed E-state index contributed by atoms with van der Waals surface area (Å²) in [6.07, 6.45) is 3.67. The molecule has 252 valence electrons. The lowest BCUT2D eigenvalue weighted by Crippen LogP contribution is -2.56. The Morgan fingerprint density at radius 2 is 0.574 bits per heavy atom. The fourth-order valence-electron chi connectivity index (χ4n) is 6.00. The molecular formula is C40H54O5Si2. The van der Waals surface area contributed by atoms with Crippen molar-refractivity contribution in [2.75, 3.05) is 26.4 Å². The van der Waals surface area contributed by atoms with E-state index in [4.69, 9.17) is 23.1 Å². The summed E-state index contributed by atoms with van der Waals surface area (Å²) < 4.78 is 32.3. The summed E-state index contributed by atoms with van der Waals surface area (Å²) in [5, 5.41) is 4.87. The van der Waals surface area contributed by atoms with Crippen molar-refractivity contribution in [2.24, 2.45) is 0 Å². The summed E-state index contributed by atoms with van der Waals surface area (Å²) in [6, 6.07) is 26.9. The molecule has 0 saturated carbocycles. The lowest BCUT2D eigenvalue weighted by atomic mass is 10.1. The third kappa shape index (κ3) is 9.75. The van der Waals surface area contributed by atoms with Gasteiger partial charge in [-0.25, -0.2) is 0 Å². The van der Waals surface area contributed by atoms with Crippen LogP contribution >= 0.6 is 0 Å². The van der Waals surface area contributed by atoms with E-state index in [1.165, 1.54) is 43.0 Å². The predicted molar refractivity (Wildman–Crippen MR) is 202 cm³/mol. The molecule has 7 heteroatoms. The Morgan fingerprint density at radius 3 is 0.766 bits per heavy atom. The molecule has 0 N–H and O–H groups in total. The minimum Gasteiger partial charge on any atom is -0.494 e. The van der Waals surface area contributed by atoms with Gasteiger partial charge in [0.15, 0.2) is 0 Å². The zero-order valence-electron chi connectivity index (χ0n) is 29.8. The van der Waals surface area contributed by atoms with Crippen LogP contribution in [0.15, 0.2) is 72.8 Å². The van der Waals surface area contributed by atoms with Gasteiger partial charge in [0, 0.05) is 0 Å². The summed E-state index contributed by atoms with van der Waals surface area (Å²) in [5.41, 5.74) is 5.00. The smallest absolute Gasteiger partial charge is 0.229 e. The first kappa shape index (κ1) is 36.3. The standard InChI is InChI=1S/C40H54O5Si2/c1-9-29-17-33(41-13-5)25-37(21-29)46(38-22-30(10-2)18-34(26-38)42-14-6)45-47(39-23-31(11-3)19-35(27-39)43-15-7)40-24-32(12-4)20-36(28-40)44-16-8/h17-28,46-47H,9-16H2,1-8H3. The van der Waals surface area contributed by atoms with Gasteiger partial charge in [0.25, 0.3) is 0 Å². The summed E-state index contributed by atoms with van der Waals surface area (Å²) in [7, 11) is -4.66. The monoisotopic (exact) mass is 670 g/mol. The van der Waals surface area contributed by atoms with E-state index in [0.717, 1.165) is 48.7 Å². The molecule has 0 amide bonds. The van der Waals surface area contributed by atoms with Crippen LogP contribution in [0.2, 0.25) is 0 Å². The molecule has 0 atom stereocenters. The average molecular weight is 671 g/mol. The van der Waals surface area contributed by atoms with Crippen molar-refractivity contribution in [3.8, 4) is 23.0 Å². The maximum absolute atomic E-state index is 7.78. The molecule has 0 bridgehead atoms. The van der Waals surface area contributed by atoms with Gasteiger partial charge in [0.1, 0.15) is 23.0 Å². The van der Waals surface area contributed by atoms with Gasteiger partial charge >= 0.3 is 0 Å². The van der Waals surface area contributed by atoms with Crippen LogP contribution in [0.3, 0.4) is 0 Å². The van der Waals surface area contributed by atoms with E-state index >= 15 is 0 Å². The quantitative estimate of drug-likeness (QED) is 0.123. The Balaban J connectivity index is 2.01. The van der Waals surface area contributed by atoms with E-state index < -0.39 is 18.1 Å². The molecule has 0 fully saturated rings. The fraction of sp³-hybridized carbons (Fsp3) is 0.400. The van der Waals surface area contributed by atoms with E-state index in [1.54, 1.807) is 0 Å². The Kier molecular flexibility index (Phi) is 14.0. The van der Waals surface area contributed by atoms with Crippen LogP contribution in [-0.4, -0.2) is 44.5 Å². The SMILES string of the molecule is CCOc1cc(CC)cc([SiH](O[SiH](c2cc(CC)cc(OCC)c2)c2cc(CC)cc(OCC)c2)c2cc(CC)cc(OCC)c2)c1. The number of rotatable bonds is 18. The summed E-state index contributed by atoms with van der Waals surface area (Å²) in [5.74, 6) is 3.60. The van der Waals surface area contributed by atoms with Crippen molar-refractivity contribution < 1.29 is 23.1 Å². The van der Waals surface area contributed by atoms with E-state index in [0.29, 0.717) is 26.4 Å². The highest BCUT2D eigenvalue weighted by molar-refractivity contribution is 6.92. The highest BCUT2D eigenvalue weighted by Crippen LogP contribution is 2.20. The highest BCUT2D eigenvalue weighted by atomic mass is 28.4. The maximum Gasteiger partial charge on any atom is 0.229 e. The molecule has 4 rings (SSSR count). The van der Waals surface area contributed by atoms with Crippen molar-refractivity contribution >= 4 is 38.8 Å². The van der Waals surface area contributed by atoms with E-state index in [1.807, 2.05) is 27.7 Å². The molecule has 0 spiro atoms. The first-order chi connectivity index (χ1) is 22.9. The first-order valence-corrected chi connectivity index (χ1v) is 20.8. The molecule has 4 aromatic carbocycles. The molecule has 0 radical (unpaired) electrons. The van der Waals surface area contributed by atoms with Gasteiger partial charge in [-0.05, 0) is 145 Å². The zero-order valence-corrected chi connectivity index (χ0v) is 32.1. The normalized spacial score (nSPS) is 11.3. The van der Waals surface area contributed by atoms with E-state index in [-0.39, 0.29) is 0 Å². The molecule has 0 aliphatic heterocycles. The van der Waals surface area contributed by atoms with Gasteiger partial charge in [0.05, 0.1) is 26.4 Å². The molecule has 4 aromatic rings. The number of ether oxygens (including phenoxy) is 4. The molecule has 0 unspecified atom stereocenters. The third-order valence-electron chi connectivity index (χ3n) is 8.31. The van der Waals surface area contributed by atoms with Gasteiger partial charge < -0.3 is 23.1 Å². The molecule has 0 heterocycles. The second kappa shape index (κ2) is 18.1. The van der Waals surface area contributed by atoms with E-state index in [9.17, 15) is 0 Å². The van der Waals surface area contributed by atoms with Crippen LogP contribution in [0.5, 0.6) is 23.0 Å². The van der Waals surface area contributed by atoms with Crippen LogP contribution < -0.4 is 39.7 Å². The molecule has 0 aromatic heterocycles. The maximum atomic E-state index is 7.78. The van der Waals surface area contributed by atoms with Crippen LogP contribution in [0.4, 0.5) is 0 Å². The van der Waals surface area contributed by atoms with Crippen LogP contribution in [-0.2, 0) is 29.8 Å². The van der Waals surface area contributed by atoms with Crippen molar-refractivity contribution in [1.29, 1.82) is 0 Å². The molecule has 0 saturated heterocycles. The van der Waals surface area contributed by atoms with Crippen molar-refractivity contribution in [3.63, 3.8) is 0 Å². The van der Waals surface area contributed by atoms with Crippen molar-refractivity contribution in [2.45, 2.75) is 81.1 Å². The lowest BCUT2D eigenvalue weighted by Gasteiger charge is -2.28. The van der Waals surface area contributed by atoms with Gasteiger partial charge in [-0.1, -0.05) is 52.0 Å². The molecule has 47 heavy (non-hydrogen) atoms. The number of hydrogen-bond acceptors (Lipinski definition) is 5. The second-order valence-corrected chi connectivity index (χ2v) is 17.0. The van der Waals surface area contributed by atoms with Crippen molar-refractivity contribution in [1.82, 2.24) is 0 Å². The average Bonchev–Trinajstić information content (AvgIpc) is 3.08. The largest absolute Gasteiger partial charge is 0.494 e. The van der Waals surface area contributed by atoms with Gasteiger partial charge in [0.2, 0.25) is 18.1 Å². The summed E-state index contributed by atoms with van der Waals surface area (Å²) >= 11 is 0. The van der Waals surface area contributed by atoms with Gasteiger partial charge in [-0.2, -0.15) is 0 Å². The second-order valence-electron chi connectivity index (χ2n) is 11.7. The Labute approximate surface area is 286 Å². The third-order valence-corrected chi connectivity index (χ3v) is 14.2. The Hall–Kier alpha value is -3.53. The fourth-order valence-corrected chi connectivity index (χ4v) is 13.1. The lowest BCUT2D eigenvalue weighted by molar-refractivity contribution is 0.340. The van der Waals surface area contributed by atoms with Gasteiger partial charge in [-0.15, -0.1) is 0 Å². The number of hydrogen-bond donors (Lipinski definition) is 0. The van der Waals surface area contributed by atoms with Gasteiger partial charge in [-0.3, -0.25) is 0 Å². The minimum atomic E-state index is -2.33. The zero-order chi connectivity index (χ0) is 33.8. The molecular weight excluding hydrogens is 617 g/mol. The van der Waals surface area contributed by atoms with Crippen LogP contribution in [0.25, 0.3) is 0 Å². The van der Waals surface area contributed by atoms with Crippen LogP contribution in [0, 0.1) is 0 Å². The van der Waals surface area contributed by atoms with E-state index in [2.05, 4.69) is 100 Å². The first-order valence-electron chi connectivity index (χ1n) is 17.6. The Bertz CT molecular complexity index is 1360. The Morgan fingerprint density at radius 1 is 0.340 bits per heavy atom. The molecule has 5 nitrogen and oxygen atoms in total. The minimum absolute atomic E-state index is 0.616. The number of aryl methyl sites for hydroxylation is 4. The number of benzene rings is 4. The van der Waals surface area contributed by atoms with Crippen molar-refractivity contribution in [3.05, 3.63) is 95.1 Å². The summed E-state index contributed by atoms with van der Waals surface area (Å²) in [6.45, 7) is 19.4.